The first-order valence-electron chi connectivity index (χ1n) is 8.77. The SMILES string of the molecule is COc1ccc(S(=O)(=O)N(CC(=O)Nc2ccc(F)cc2)c2ccc(F)cc2)cc1. The number of hydrogen-bond acceptors (Lipinski definition) is 4. The normalized spacial score (nSPS) is 11.0. The third-order valence-corrected chi connectivity index (χ3v) is 5.97. The Labute approximate surface area is 172 Å². The number of anilines is 2. The molecule has 0 aromatic heterocycles. The molecule has 1 N–H and O–H groups in total. The number of hydrogen-bond donors (Lipinski definition) is 1. The summed E-state index contributed by atoms with van der Waals surface area (Å²) in [5.74, 6) is -1.20. The summed E-state index contributed by atoms with van der Waals surface area (Å²) in [4.78, 5) is 12.5. The van der Waals surface area contributed by atoms with Crippen molar-refractivity contribution in [3.05, 3.63) is 84.4 Å². The van der Waals surface area contributed by atoms with E-state index in [1.807, 2.05) is 0 Å². The Bertz CT molecular complexity index is 1120. The number of amides is 1. The van der Waals surface area contributed by atoms with Gasteiger partial charge in [0.15, 0.2) is 0 Å². The molecule has 3 rings (SSSR count). The number of halogens is 2. The number of nitrogens with zero attached hydrogens (tertiary/aromatic N) is 1. The van der Waals surface area contributed by atoms with Crippen LogP contribution in [0.4, 0.5) is 20.2 Å². The minimum absolute atomic E-state index is 0.0674. The predicted octanol–water partition coefficient (Wildman–Crippen LogP) is 3.81. The lowest BCUT2D eigenvalue weighted by molar-refractivity contribution is -0.114. The number of carbonyl (C=O) groups excluding carboxylic acids is 1. The van der Waals surface area contributed by atoms with Gasteiger partial charge < -0.3 is 10.1 Å². The van der Waals surface area contributed by atoms with Crippen molar-refractivity contribution in [1.82, 2.24) is 0 Å². The highest BCUT2D eigenvalue weighted by molar-refractivity contribution is 7.92. The van der Waals surface area contributed by atoms with Crippen molar-refractivity contribution < 1.29 is 26.7 Å². The third-order valence-electron chi connectivity index (χ3n) is 4.18. The van der Waals surface area contributed by atoms with Crippen LogP contribution in [-0.2, 0) is 14.8 Å². The van der Waals surface area contributed by atoms with Crippen molar-refractivity contribution in [3.8, 4) is 5.75 Å². The van der Waals surface area contributed by atoms with Crippen LogP contribution in [0.3, 0.4) is 0 Å². The quantitative estimate of drug-likeness (QED) is 0.616. The number of benzene rings is 3. The Morgan fingerprint density at radius 3 is 1.97 bits per heavy atom. The Hall–Kier alpha value is -3.46. The average molecular weight is 432 g/mol. The van der Waals surface area contributed by atoms with E-state index in [9.17, 15) is 22.0 Å². The second kappa shape index (κ2) is 8.91. The molecule has 0 atom stereocenters. The molecule has 0 heterocycles. The van der Waals surface area contributed by atoms with Gasteiger partial charge in [0, 0.05) is 5.69 Å². The number of ether oxygens (including phenoxy) is 1. The van der Waals surface area contributed by atoms with Gasteiger partial charge in [0.05, 0.1) is 17.7 Å². The molecule has 0 radical (unpaired) electrons. The highest BCUT2D eigenvalue weighted by Crippen LogP contribution is 2.25. The summed E-state index contributed by atoms with van der Waals surface area (Å²) in [5, 5.41) is 2.52. The summed E-state index contributed by atoms with van der Waals surface area (Å²) in [5.41, 5.74) is 0.420. The Morgan fingerprint density at radius 2 is 1.43 bits per heavy atom. The van der Waals surface area contributed by atoms with Gasteiger partial charge in [-0.05, 0) is 72.8 Å². The van der Waals surface area contributed by atoms with Crippen LogP contribution in [0.25, 0.3) is 0 Å². The Balaban J connectivity index is 1.92. The minimum Gasteiger partial charge on any atom is -0.497 e. The van der Waals surface area contributed by atoms with Gasteiger partial charge in [0.1, 0.15) is 23.9 Å². The number of nitrogens with one attached hydrogen (secondary N) is 1. The fourth-order valence-corrected chi connectivity index (χ4v) is 4.08. The Morgan fingerprint density at radius 1 is 0.900 bits per heavy atom. The first-order chi connectivity index (χ1) is 14.3. The summed E-state index contributed by atoms with van der Waals surface area (Å²) in [7, 11) is -2.70. The molecule has 9 heteroatoms. The van der Waals surface area contributed by atoms with Crippen molar-refractivity contribution >= 4 is 27.3 Å². The standard InChI is InChI=1S/C21H18F2N2O4S/c1-29-19-10-12-20(13-11-19)30(27,28)25(18-8-4-16(23)5-9-18)14-21(26)24-17-6-2-15(22)3-7-17/h2-13H,14H2,1H3,(H,24,26). The number of rotatable bonds is 7. The molecule has 0 aliphatic carbocycles. The molecule has 0 aliphatic rings. The van der Waals surface area contributed by atoms with E-state index in [4.69, 9.17) is 4.74 Å². The third kappa shape index (κ3) is 4.93. The molecule has 0 bridgehead atoms. The summed E-state index contributed by atoms with van der Waals surface area (Å²) in [6, 6.07) is 15.4. The zero-order valence-corrected chi connectivity index (χ0v) is 16.7. The summed E-state index contributed by atoms with van der Waals surface area (Å²) in [6.45, 7) is -0.572. The maximum atomic E-state index is 13.3. The molecule has 0 saturated heterocycles. The molecule has 156 valence electrons. The molecule has 1 amide bonds. The summed E-state index contributed by atoms with van der Waals surface area (Å²) >= 11 is 0. The van der Waals surface area contributed by atoms with E-state index < -0.39 is 34.1 Å². The summed E-state index contributed by atoms with van der Waals surface area (Å²) < 4.78 is 58.7. The lowest BCUT2D eigenvalue weighted by atomic mass is 10.3. The molecular formula is C21H18F2N2O4S. The molecule has 6 nitrogen and oxygen atoms in total. The first-order valence-corrected chi connectivity index (χ1v) is 10.2. The van der Waals surface area contributed by atoms with E-state index >= 15 is 0 Å². The zero-order valence-electron chi connectivity index (χ0n) is 15.9. The van der Waals surface area contributed by atoms with E-state index in [-0.39, 0.29) is 10.6 Å². The zero-order chi connectivity index (χ0) is 21.7. The van der Waals surface area contributed by atoms with Crippen molar-refractivity contribution in [2.24, 2.45) is 0 Å². The highest BCUT2D eigenvalue weighted by Gasteiger charge is 2.27. The molecule has 3 aromatic rings. The monoisotopic (exact) mass is 432 g/mol. The molecule has 0 fully saturated rings. The van der Waals surface area contributed by atoms with Crippen LogP contribution in [0.2, 0.25) is 0 Å². The van der Waals surface area contributed by atoms with Crippen LogP contribution in [0.5, 0.6) is 5.75 Å². The van der Waals surface area contributed by atoms with E-state index in [0.29, 0.717) is 11.4 Å². The molecule has 0 unspecified atom stereocenters. The van der Waals surface area contributed by atoms with Gasteiger partial charge in [-0.2, -0.15) is 0 Å². The van der Waals surface area contributed by atoms with E-state index in [1.54, 1.807) is 0 Å². The average Bonchev–Trinajstić information content (AvgIpc) is 2.74. The first kappa shape index (κ1) is 21.3. The molecule has 0 saturated carbocycles. The molecule has 3 aromatic carbocycles. The van der Waals surface area contributed by atoms with E-state index in [2.05, 4.69) is 5.32 Å². The maximum Gasteiger partial charge on any atom is 0.264 e. The molecular weight excluding hydrogens is 414 g/mol. The van der Waals surface area contributed by atoms with Crippen molar-refractivity contribution in [2.45, 2.75) is 4.90 Å². The second-order valence-corrected chi connectivity index (χ2v) is 8.08. The summed E-state index contributed by atoms with van der Waals surface area (Å²) in [6.07, 6.45) is 0. The Kier molecular flexibility index (Phi) is 6.31. The molecule has 30 heavy (non-hydrogen) atoms. The second-order valence-electron chi connectivity index (χ2n) is 6.22. The van der Waals surface area contributed by atoms with Crippen LogP contribution >= 0.6 is 0 Å². The topological polar surface area (TPSA) is 75.7 Å². The van der Waals surface area contributed by atoms with Crippen molar-refractivity contribution in [3.63, 3.8) is 0 Å². The van der Waals surface area contributed by atoms with Gasteiger partial charge in [0.25, 0.3) is 10.0 Å². The highest BCUT2D eigenvalue weighted by atomic mass is 32.2. The number of methoxy groups -OCH3 is 1. The maximum absolute atomic E-state index is 13.3. The largest absolute Gasteiger partial charge is 0.497 e. The van der Waals surface area contributed by atoms with E-state index in [0.717, 1.165) is 16.4 Å². The molecule has 0 aliphatic heterocycles. The fraction of sp³-hybridized carbons (Fsp3) is 0.0952. The van der Waals surface area contributed by atoms with Crippen LogP contribution in [0.1, 0.15) is 0 Å². The lowest BCUT2D eigenvalue weighted by Gasteiger charge is -2.24. The van der Waals surface area contributed by atoms with Crippen LogP contribution in [-0.4, -0.2) is 28.0 Å². The smallest absolute Gasteiger partial charge is 0.264 e. The van der Waals surface area contributed by atoms with Gasteiger partial charge in [-0.3, -0.25) is 9.10 Å². The fourth-order valence-electron chi connectivity index (χ4n) is 2.66. The van der Waals surface area contributed by atoms with Crippen LogP contribution < -0.4 is 14.4 Å². The van der Waals surface area contributed by atoms with Gasteiger partial charge >= 0.3 is 0 Å². The predicted molar refractivity (Wildman–Crippen MR) is 109 cm³/mol. The molecule has 0 spiro atoms. The number of carbonyl (C=O) groups is 1. The van der Waals surface area contributed by atoms with Crippen molar-refractivity contribution in [1.29, 1.82) is 0 Å². The van der Waals surface area contributed by atoms with Crippen LogP contribution in [0, 0.1) is 11.6 Å². The minimum atomic E-state index is -4.15. The van der Waals surface area contributed by atoms with Gasteiger partial charge in [-0.15, -0.1) is 0 Å². The van der Waals surface area contributed by atoms with Crippen molar-refractivity contribution in [2.75, 3.05) is 23.3 Å². The lowest BCUT2D eigenvalue weighted by Crippen LogP contribution is -2.38. The van der Waals surface area contributed by atoms with E-state index in [1.165, 1.54) is 67.8 Å². The van der Waals surface area contributed by atoms with Gasteiger partial charge in [0.2, 0.25) is 5.91 Å². The van der Waals surface area contributed by atoms with Crippen LogP contribution in [0.15, 0.2) is 77.7 Å². The van der Waals surface area contributed by atoms with Gasteiger partial charge in [-0.25, -0.2) is 17.2 Å². The number of sulfonamides is 1. The van der Waals surface area contributed by atoms with Gasteiger partial charge in [-0.1, -0.05) is 0 Å².